The topological polar surface area (TPSA) is 108 Å². The average Bonchev–Trinajstić information content (AvgIpc) is 3.69. The molecule has 8 nitrogen and oxygen atoms in total. The van der Waals surface area contributed by atoms with Gasteiger partial charge >= 0.3 is 0 Å². The summed E-state index contributed by atoms with van der Waals surface area (Å²) < 4.78 is 33.2. The Bertz CT molecular complexity index is 1650. The van der Waals surface area contributed by atoms with Gasteiger partial charge in [0, 0.05) is 43.2 Å². The lowest BCUT2D eigenvalue weighted by Gasteiger charge is -2.25. The van der Waals surface area contributed by atoms with Crippen molar-refractivity contribution in [3.63, 3.8) is 0 Å². The van der Waals surface area contributed by atoms with E-state index in [1.807, 2.05) is 44.2 Å². The zero-order chi connectivity index (χ0) is 32.8. The molecular weight excluding hydrogens is 590 g/mol. The number of nitrogens with zero attached hydrogens (tertiary/aromatic N) is 2. The molecule has 4 aromatic rings. The van der Waals surface area contributed by atoms with Crippen molar-refractivity contribution in [1.82, 2.24) is 20.5 Å². The van der Waals surface area contributed by atoms with E-state index < -0.39 is 24.0 Å². The Morgan fingerprint density at radius 3 is 2.50 bits per heavy atom. The van der Waals surface area contributed by atoms with Crippen LogP contribution >= 0.6 is 0 Å². The first-order valence-electron chi connectivity index (χ1n) is 15.5. The number of aliphatic hydroxyl groups is 1. The minimum atomic E-state index is -2.95. The molecule has 1 saturated heterocycles. The molecule has 3 unspecified atom stereocenters. The second-order valence-electron chi connectivity index (χ2n) is 12.1. The van der Waals surface area contributed by atoms with Gasteiger partial charge in [-0.2, -0.15) is 0 Å². The summed E-state index contributed by atoms with van der Waals surface area (Å²) in [5.74, 6) is -3.06. The van der Waals surface area contributed by atoms with Crippen molar-refractivity contribution < 1.29 is 27.9 Å². The smallest absolute Gasteiger partial charge is 0.270 e. The van der Waals surface area contributed by atoms with Gasteiger partial charge in [-0.1, -0.05) is 48.5 Å². The molecular formula is C36H40F2N4O4. The highest BCUT2D eigenvalue weighted by Gasteiger charge is 2.34. The number of hydrogen-bond acceptors (Lipinski definition) is 6. The van der Waals surface area contributed by atoms with Crippen LogP contribution in [0.5, 0.6) is 0 Å². The third-order valence-electron chi connectivity index (χ3n) is 8.22. The molecule has 3 atom stereocenters. The molecule has 3 N–H and O–H groups in total. The molecule has 1 aromatic heterocycles. The van der Waals surface area contributed by atoms with E-state index in [0.29, 0.717) is 35.5 Å². The summed E-state index contributed by atoms with van der Waals surface area (Å²) in [7, 11) is 0. The Kier molecular flexibility index (Phi) is 10.3. The second-order valence-corrected chi connectivity index (χ2v) is 12.1. The zero-order valence-electron chi connectivity index (χ0n) is 26.3. The van der Waals surface area contributed by atoms with E-state index in [2.05, 4.69) is 15.6 Å². The van der Waals surface area contributed by atoms with Crippen LogP contribution in [0.2, 0.25) is 0 Å². The number of amides is 2. The summed E-state index contributed by atoms with van der Waals surface area (Å²) in [4.78, 5) is 33.5. The van der Waals surface area contributed by atoms with Crippen LogP contribution in [0.3, 0.4) is 0 Å². The lowest BCUT2D eigenvalue weighted by atomic mass is 9.99. The fourth-order valence-electron chi connectivity index (χ4n) is 5.86. The molecule has 0 bridgehead atoms. The van der Waals surface area contributed by atoms with E-state index in [9.17, 15) is 23.5 Å². The molecule has 2 heterocycles. The van der Waals surface area contributed by atoms with E-state index in [4.69, 9.17) is 4.42 Å². The standard InChI is InChI=1S/C36H40F2N4O4/c1-23-15-27(19-28(16-23)35(45)42-14-8-13-31(42)34-40-24(2)22-46-34)33(44)41-30(18-25-9-5-4-6-10-25)32(43)21-39-20-26-11-7-12-29(17-26)36(3,37)38/h4-7,9-12,15-17,19,22,30-32,39,43H,8,13-14,18,20-21H2,1-3H3,(H,41,44). The van der Waals surface area contributed by atoms with Gasteiger partial charge in [0.2, 0.25) is 5.89 Å². The number of alkyl halides is 2. The van der Waals surface area contributed by atoms with E-state index in [-0.39, 0.29) is 30.6 Å². The van der Waals surface area contributed by atoms with Gasteiger partial charge in [-0.15, -0.1) is 0 Å². The summed E-state index contributed by atoms with van der Waals surface area (Å²) in [6, 6.07) is 19.8. The van der Waals surface area contributed by atoms with Crippen molar-refractivity contribution in [2.75, 3.05) is 13.1 Å². The summed E-state index contributed by atoms with van der Waals surface area (Å²) in [6.07, 6.45) is 2.50. The van der Waals surface area contributed by atoms with Gasteiger partial charge < -0.3 is 25.1 Å². The molecule has 46 heavy (non-hydrogen) atoms. The highest BCUT2D eigenvalue weighted by Crippen LogP contribution is 2.33. The number of rotatable bonds is 12. The molecule has 0 spiro atoms. The third-order valence-corrected chi connectivity index (χ3v) is 8.22. The van der Waals surface area contributed by atoms with Gasteiger partial charge in [0.05, 0.1) is 17.8 Å². The number of aromatic nitrogens is 1. The number of likely N-dealkylation sites (tertiary alicyclic amines) is 1. The minimum absolute atomic E-state index is 0.0782. The van der Waals surface area contributed by atoms with E-state index in [1.165, 1.54) is 12.1 Å². The van der Waals surface area contributed by atoms with E-state index in [1.54, 1.807) is 41.5 Å². The maximum absolute atomic E-state index is 13.8. The fraction of sp³-hybridized carbons (Fsp3) is 0.361. The van der Waals surface area contributed by atoms with Gasteiger partial charge in [-0.05, 0) is 74.1 Å². The maximum Gasteiger partial charge on any atom is 0.270 e. The van der Waals surface area contributed by atoms with Crippen LogP contribution in [0.15, 0.2) is 83.5 Å². The Hall–Kier alpha value is -4.41. The van der Waals surface area contributed by atoms with Crippen LogP contribution in [-0.2, 0) is 18.9 Å². The number of nitrogens with one attached hydrogen (secondary N) is 2. The van der Waals surface area contributed by atoms with Gasteiger partial charge in [0.15, 0.2) is 0 Å². The zero-order valence-corrected chi connectivity index (χ0v) is 26.3. The largest absolute Gasteiger partial charge is 0.446 e. The second kappa shape index (κ2) is 14.3. The molecule has 3 aromatic carbocycles. The average molecular weight is 631 g/mol. The van der Waals surface area contributed by atoms with E-state index >= 15 is 0 Å². The molecule has 0 saturated carbocycles. The molecule has 2 amide bonds. The molecule has 5 rings (SSSR count). The SMILES string of the molecule is Cc1cc(C(=O)NC(Cc2ccccc2)C(O)CNCc2cccc(C(C)(F)F)c2)cc(C(=O)N2CCCC2c2nc(C)co2)c1. The predicted molar refractivity (Wildman–Crippen MR) is 171 cm³/mol. The fourth-order valence-corrected chi connectivity index (χ4v) is 5.86. The number of aryl methyl sites for hydroxylation is 2. The number of carbonyl (C=O) groups is 2. The van der Waals surface area contributed by atoms with Crippen molar-refractivity contribution in [2.45, 2.75) is 70.7 Å². The number of carbonyl (C=O) groups excluding carboxylic acids is 2. The Morgan fingerprint density at radius 1 is 1.04 bits per heavy atom. The number of oxazole rings is 1. The molecule has 0 radical (unpaired) electrons. The minimum Gasteiger partial charge on any atom is -0.446 e. The van der Waals surface area contributed by atoms with Crippen molar-refractivity contribution in [2.24, 2.45) is 0 Å². The first-order chi connectivity index (χ1) is 22.0. The van der Waals surface area contributed by atoms with Gasteiger partial charge in [-0.25, -0.2) is 13.8 Å². The molecule has 1 aliphatic heterocycles. The first-order valence-corrected chi connectivity index (χ1v) is 15.5. The maximum atomic E-state index is 13.8. The van der Waals surface area contributed by atoms with Gasteiger partial charge in [-0.3, -0.25) is 9.59 Å². The summed E-state index contributed by atoms with van der Waals surface area (Å²) in [6.45, 7) is 5.46. The number of aliphatic hydroxyl groups excluding tert-OH is 1. The molecule has 1 fully saturated rings. The number of benzene rings is 3. The first kappa shape index (κ1) is 33.0. The van der Waals surface area contributed by atoms with Gasteiger partial charge in [0.25, 0.3) is 17.7 Å². The quantitative estimate of drug-likeness (QED) is 0.181. The van der Waals surface area contributed by atoms with Crippen molar-refractivity contribution in [3.05, 3.63) is 124 Å². The normalized spacial score (nSPS) is 16.3. The number of hydrogen-bond donors (Lipinski definition) is 3. The van der Waals surface area contributed by atoms with Crippen molar-refractivity contribution >= 4 is 11.8 Å². The van der Waals surface area contributed by atoms with Crippen molar-refractivity contribution in [3.8, 4) is 0 Å². The summed E-state index contributed by atoms with van der Waals surface area (Å²) >= 11 is 0. The van der Waals surface area contributed by atoms with Crippen molar-refractivity contribution in [1.29, 1.82) is 0 Å². The monoisotopic (exact) mass is 630 g/mol. The van der Waals surface area contributed by atoms with Crippen LogP contribution < -0.4 is 10.6 Å². The molecule has 242 valence electrons. The van der Waals surface area contributed by atoms with Gasteiger partial charge in [0.1, 0.15) is 12.3 Å². The highest BCUT2D eigenvalue weighted by atomic mass is 19.3. The lowest BCUT2D eigenvalue weighted by Crippen LogP contribution is -2.48. The summed E-state index contributed by atoms with van der Waals surface area (Å²) in [5, 5.41) is 17.4. The number of halogens is 2. The van der Waals surface area contributed by atoms with Crippen LogP contribution in [0, 0.1) is 13.8 Å². The summed E-state index contributed by atoms with van der Waals surface area (Å²) in [5.41, 5.74) is 3.70. The highest BCUT2D eigenvalue weighted by molar-refractivity contribution is 6.00. The lowest BCUT2D eigenvalue weighted by molar-refractivity contribution is 0.0173. The van der Waals surface area contributed by atoms with Crippen LogP contribution in [-0.4, -0.2) is 52.0 Å². The Morgan fingerprint density at radius 2 is 1.78 bits per heavy atom. The third kappa shape index (κ3) is 8.24. The van der Waals surface area contributed by atoms with Crippen LogP contribution in [0.25, 0.3) is 0 Å². The Balaban J connectivity index is 1.29. The van der Waals surface area contributed by atoms with Crippen LogP contribution in [0.1, 0.15) is 80.4 Å². The van der Waals surface area contributed by atoms with E-state index in [0.717, 1.165) is 36.6 Å². The molecule has 10 heteroatoms. The molecule has 0 aliphatic carbocycles. The predicted octanol–water partition coefficient (Wildman–Crippen LogP) is 5.87. The van der Waals surface area contributed by atoms with Crippen LogP contribution in [0.4, 0.5) is 8.78 Å². The Labute approximate surface area is 267 Å². The molecule has 1 aliphatic rings.